The first-order valence-corrected chi connectivity index (χ1v) is 7.68. The van der Waals surface area contributed by atoms with Crippen LogP contribution in [0.4, 0.5) is 0 Å². The number of carboxylic acid groups (broad SMARTS) is 1. The first-order chi connectivity index (χ1) is 10.1. The number of carbonyl (C=O) groups is 2. The molecule has 0 radical (unpaired) electrons. The van der Waals surface area contributed by atoms with E-state index in [-0.39, 0.29) is 23.2 Å². The van der Waals surface area contributed by atoms with Gasteiger partial charge in [0.25, 0.3) is 5.91 Å². The summed E-state index contributed by atoms with van der Waals surface area (Å²) in [7, 11) is 1.77. The highest BCUT2D eigenvalue weighted by atomic mass is 16.4. The van der Waals surface area contributed by atoms with Gasteiger partial charge >= 0.3 is 5.97 Å². The Labute approximate surface area is 131 Å². The SMILES string of the molecule is CC1CN(C(=O)c2cc(C(C)(C)C)nn2C)CCC1C(=O)O. The molecule has 1 N–H and O–H groups in total. The van der Waals surface area contributed by atoms with Crippen LogP contribution >= 0.6 is 0 Å². The molecule has 122 valence electrons. The lowest BCUT2D eigenvalue weighted by Gasteiger charge is -2.34. The molecule has 0 aliphatic carbocycles. The largest absolute Gasteiger partial charge is 0.481 e. The quantitative estimate of drug-likeness (QED) is 0.905. The maximum atomic E-state index is 12.7. The van der Waals surface area contributed by atoms with E-state index >= 15 is 0 Å². The molecule has 0 aromatic carbocycles. The van der Waals surface area contributed by atoms with E-state index in [1.165, 1.54) is 0 Å². The summed E-state index contributed by atoms with van der Waals surface area (Å²) in [6.07, 6.45) is 0.506. The van der Waals surface area contributed by atoms with Crippen molar-refractivity contribution in [3.8, 4) is 0 Å². The molecule has 6 nitrogen and oxygen atoms in total. The van der Waals surface area contributed by atoms with Crippen LogP contribution in [-0.4, -0.2) is 44.8 Å². The maximum Gasteiger partial charge on any atom is 0.306 e. The average Bonchev–Trinajstić information content (AvgIpc) is 2.79. The van der Waals surface area contributed by atoms with Crippen molar-refractivity contribution in [2.45, 2.75) is 39.5 Å². The molecular formula is C16H25N3O3. The zero-order valence-electron chi connectivity index (χ0n) is 14.0. The van der Waals surface area contributed by atoms with E-state index in [1.807, 2.05) is 13.0 Å². The number of carbonyl (C=O) groups excluding carboxylic acids is 1. The number of rotatable bonds is 2. The Morgan fingerprint density at radius 1 is 1.36 bits per heavy atom. The van der Waals surface area contributed by atoms with Gasteiger partial charge in [0.15, 0.2) is 0 Å². The Hall–Kier alpha value is -1.85. The zero-order valence-corrected chi connectivity index (χ0v) is 14.0. The number of hydrogen-bond acceptors (Lipinski definition) is 3. The number of amides is 1. The second kappa shape index (κ2) is 5.74. The number of aryl methyl sites for hydroxylation is 1. The topological polar surface area (TPSA) is 75.4 Å². The molecule has 1 aliphatic heterocycles. The molecule has 0 bridgehead atoms. The Morgan fingerprint density at radius 2 is 2.00 bits per heavy atom. The molecule has 2 heterocycles. The van der Waals surface area contributed by atoms with Crippen LogP contribution in [0, 0.1) is 11.8 Å². The van der Waals surface area contributed by atoms with Crippen LogP contribution in [-0.2, 0) is 17.3 Å². The van der Waals surface area contributed by atoms with Crippen LogP contribution in [0.1, 0.15) is 50.3 Å². The van der Waals surface area contributed by atoms with E-state index in [0.29, 0.717) is 25.2 Å². The van der Waals surface area contributed by atoms with Crippen molar-refractivity contribution in [1.82, 2.24) is 14.7 Å². The maximum absolute atomic E-state index is 12.7. The normalized spacial score (nSPS) is 22.7. The molecule has 2 atom stereocenters. The average molecular weight is 307 g/mol. The molecule has 1 aliphatic rings. The smallest absolute Gasteiger partial charge is 0.306 e. The summed E-state index contributed by atoms with van der Waals surface area (Å²) in [5.41, 5.74) is 1.33. The number of aliphatic carboxylic acids is 1. The Bertz CT molecular complexity index is 586. The third-order valence-corrected chi connectivity index (χ3v) is 4.38. The van der Waals surface area contributed by atoms with Crippen LogP contribution in [0.5, 0.6) is 0 Å². The van der Waals surface area contributed by atoms with Gasteiger partial charge in [-0.2, -0.15) is 5.10 Å². The van der Waals surface area contributed by atoms with Crippen molar-refractivity contribution in [2.24, 2.45) is 18.9 Å². The molecule has 2 rings (SSSR count). The minimum Gasteiger partial charge on any atom is -0.481 e. The Balaban J connectivity index is 2.16. The van der Waals surface area contributed by atoms with Crippen molar-refractivity contribution < 1.29 is 14.7 Å². The van der Waals surface area contributed by atoms with Crippen molar-refractivity contribution in [3.05, 3.63) is 17.5 Å². The van der Waals surface area contributed by atoms with E-state index in [2.05, 4.69) is 25.9 Å². The second-order valence-electron chi connectivity index (χ2n) is 7.25. The van der Waals surface area contributed by atoms with Gasteiger partial charge in [-0.25, -0.2) is 0 Å². The molecular weight excluding hydrogens is 282 g/mol. The lowest BCUT2D eigenvalue weighted by atomic mass is 9.87. The highest BCUT2D eigenvalue weighted by molar-refractivity contribution is 5.93. The standard InChI is InChI=1S/C16H25N3O3/c1-10-9-19(7-6-11(10)15(21)22)14(20)12-8-13(16(2,3)4)17-18(12)5/h8,10-11H,6-7,9H2,1-5H3,(H,21,22). The lowest BCUT2D eigenvalue weighted by molar-refractivity contribution is -0.145. The van der Waals surface area contributed by atoms with E-state index in [0.717, 1.165) is 5.69 Å². The summed E-state index contributed by atoms with van der Waals surface area (Å²) in [6.45, 7) is 9.03. The van der Waals surface area contributed by atoms with Gasteiger partial charge in [0.1, 0.15) is 5.69 Å². The van der Waals surface area contributed by atoms with E-state index < -0.39 is 5.97 Å². The number of nitrogens with zero attached hydrogens (tertiary/aromatic N) is 3. The second-order valence-corrected chi connectivity index (χ2v) is 7.25. The van der Waals surface area contributed by atoms with Gasteiger partial charge in [0.05, 0.1) is 11.6 Å². The zero-order chi connectivity index (χ0) is 16.7. The Morgan fingerprint density at radius 3 is 2.45 bits per heavy atom. The minimum absolute atomic E-state index is 0.0366. The molecule has 1 fully saturated rings. The fourth-order valence-electron chi connectivity index (χ4n) is 2.89. The lowest BCUT2D eigenvalue weighted by Crippen LogP contribution is -2.45. The molecule has 22 heavy (non-hydrogen) atoms. The predicted octanol–water partition coefficient (Wildman–Crippen LogP) is 1.90. The summed E-state index contributed by atoms with van der Waals surface area (Å²) >= 11 is 0. The number of aromatic nitrogens is 2. The van der Waals surface area contributed by atoms with Crippen LogP contribution < -0.4 is 0 Å². The van der Waals surface area contributed by atoms with Gasteiger partial charge in [-0.3, -0.25) is 14.3 Å². The van der Waals surface area contributed by atoms with Crippen LogP contribution in [0.3, 0.4) is 0 Å². The minimum atomic E-state index is -0.768. The monoisotopic (exact) mass is 307 g/mol. The molecule has 6 heteroatoms. The number of hydrogen-bond donors (Lipinski definition) is 1. The number of likely N-dealkylation sites (tertiary alicyclic amines) is 1. The Kier molecular flexibility index (Phi) is 4.31. The predicted molar refractivity (Wildman–Crippen MR) is 82.7 cm³/mol. The fraction of sp³-hybridized carbons (Fsp3) is 0.688. The van der Waals surface area contributed by atoms with Crippen molar-refractivity contribution in [3.63, 3.8) is 0 Å². The first-order valence-electron chi connectivity index (χ1n) is 7.68. The highest BCUT2D eigenvalue weighted by Gasteiger charge is 2.34. The van der Waals surface area contributed by atoms with E-state index in [1.54, 1.807) is 16.6 Å². The van der Waals surface area contributed by atoms with Crippen LogP contribution in [0.15, 0.2) is 6.07 Å². The third kappa shape index (κ3) is 3.15. The molecule has 1 amide bonds. The van der Waals surface area contributed by atoms with Crippen molar-refractivity contribution in [2.75, 3.05) is 13.1 Å². The summed E-state index contributed by atoms with van der Waals surface area (Å²) in [6, 6.07) is 1.84. The number of carboxylic acids is 1. The molecule has 1 saturated heterocycles. The molecule has 0 spiro atoms. The van der Waals surface area contributed by atoms with Crippen LogP contribution in [0.2, 0.25) is 0 Å². The van der Waals surface area contributed by atoms with Gasteiger partial charge < -0.3 is 10.0 Å². The first kappa shape index (κ1) is 16.5. The molecule has 1 aromatic heterocycles. The summed E-state index contributed by atoms with van der Waals surface area (Å²) in [4.78, 5) is 25.6. The van der Waals surface area contributed by atoms with Gasteiger partial charge in [-0.1, -0.05) is 27.7 Å². The van der Waals surface area contributed by atoms with Crippen molar-refractivity contribution >= 4 is 11.9 Å². The van der Waals surface area contributed by atoms with Crippen LogP contribution in [0.25, 0.3) is 0 Å². The fourth-order valence-corrected chi connectivity index (χ4v) is 2.89. The third-order valence-electron chi connectivity index (χ3n) is 4.38. The van der Waals surface area contributed by atoms with Gasteiger partial charge in [-0.15, -0.1) is 0 Å². The van der Waals surface area contributed by atoms with E-state index in [9.17, 15) is 9.59 Å². The molecule has 1 aromatic rings. The van der Waals surface area contributed by atoms with Gasteiger partial charge in [0, 0.05) is 25.6 Å². The van der Waals surface area contributed by atoms with Gasteiger partial charge in [0.2, 0.25) is 0 Å². The van der Waals surface area contributed by atoms with Crippen molar-refractivity contribution in [1.29, 1.82) is 0 Å². The summed E-state index contributed by atoms with van der Waals surface area (Å²) in [5.74, 6) is -1.23. The van der Waals surface area contributed by atoms with Gasteiger partial charge in [-0.05, 0) is 18.4 Å². The summed E-state index contributed by atoms with van der Waals surface area (Å²) < 4.78 is 1.62. The molecule has 0 saturated carbocycles. The van der Waals surface area contributed by atoms with E-state index in [4.69, 9.17) is 5.11 Å². The molecule has 2 unspecified atom stereocenters. The highest BCUT2D eigenvalue weighted by Crippen LogP contribution is 2.26. The number of piperidine rings is 1. The summed E-state index contributed by atoms with van der Waals surface area (Å²) in [5, 5.41) is 13.6.